The van der Waals surface area contributed by atoms with E-state index in [1.165, 1.54) is 12.1 Å². The van der Waals surface area contributed by atoms with Crippen LogP contribution < -0.4 is 0 Å². The number of carbonyl (C=O) groups is 1. The van der Waals surface area contributed by atoms with E-state index in [0.29, 0.717) is 23.2 Å². The topological polar surface area (TPSA) is 34.4 Å². The molecule has 0 unspecified atom stereocenters. The normalized spacial score (nSPS) is 11.8. The molecule has 22 heavy (non-hydrogen) atoms. The van der Waals surface area contributed by atoms with Crippen LogP contribution in [-0.4, -0.2) is 15.7 Å². The van der Waals surface area contributed by atoms with E-state index < -0.39 is 11.7 Å². The van der Waals surface area contributed by atoms with Gasteiger partial charge in [0.05, 0.1) is 16.8 Å². The minimum atomic E-state index is -4.40. The molecule has 1 aromatic carbocycles. The maximum absolute atomic E-state index is 13.0. The molecule has 0 aliphatic carbocycles. The number of nitrogens with zero attached hydrogens (tertiary/aromatic N) is 2. The lowest BCUT2D eigenvalue weighted by molar-refractivity contribution is -0.138. The van der Waals surface area contributed by atoms with Crippen LogP contribution in [0.5, 0.6) is 0 Å². The Bertz CT molecular complexity index is 837. The molecule has 2 aromatic heterocycles. The molecule has 6 heteroatoms. The molecule has 3 rings (SSSR count). The number of hydrogen-bond donors (Lipinski definition) is 0. The van der Waals surface area contributed by atoms with E-state index in [4.69, 9.17) is 0 Å². The zero-order valence-electron chi connectivity index (χ0n) is 11.3. The number of aldehydes is 1. The van der Waals surface area contributed by atoms with E-state index in [0.717, 1.165) is 6.07 Å². The van der Waals surface area contributed by atoms with Gasteiger partial charge in [-0.15, -0.1) is 0 Å². The van der Waals surface area contributed by atoms with E-state index in [1.54, 1.807) is 35.0 Å². The summed E-state index contributed by atoms with van der Waals surface area (Å²) in [5, 5.41) is 0. The molecule has 0 aliphatic rings. The highest BCUT2D eigenvalue weighted by atomic mass is 19.4. The second kappa shape index (κ2) is 5.29. The maximum atomic E-state index is 13.0. The average molecular weight is 304 g/mol. The molecule has 2 heterocycles. The van der Waals surface area contributed by atoms with Crippen molar-refractivity contribution in [3.8, 4) is 0 Å². The predicted molar refractivity (Wildman–Crippen MR) is 74.8 cm³/mol. The molecule has 0 N–H and O–H groups in total. The van der Waals surface area contributed by atoms with Crippen molar-refractivity contribution >= 4 is 11.9 Å². The monoisotopic (exact) mass is 304 g/mol. The van der Waals surface area contributed by atoms with Crippen LogP contribution >= 0.6 is 0 Å². The molecule has 0 bridgehead atoms. The highest BCUT2D eigenvalue weighted by molar-refractivity contribution is 5.84. The number of rotatable bonds is 3. The smallest absolute Gasteiger partial charge is 0.306 e. The van der Waals surface area contributed by atoms with Gasteiger partial charge in [-0.05, 0) is 23.8 Å². The van der Waals surface area contributed by atoms with Crippen LogP contribution in [0.4, 0.5) is 13.2 Å². The summed E-state index contributed by atoms with van der Waals surface area (Å²) in [4.78, 5) is 15.2. The largest absolute Gasteiger partial charge is 0.416 e. The quantitative estimate of drug-likeness (QED) is 0.691. The van der Waals surface area contributed by atoms with Crippen molar-refractivity contribution in [2.24, 2.45) is 0 Å². The van der Waals surface area contributed by atoms with Gasteiger partial charge in [-0.1, -0.05) is 18.2 Å². The van der Waals surface area contributed by atoms with E-state index in [-0.39, 0.29) is 12.0 Å². The van der Waals surface area contributed by atoms with Gasteiger partial charge in [-0.25, -0.2) is 4.98 Å². The van der Waals surface area contributed by atoms with Gasteiger partial charge < -0.3 is 4.40 Å². The van der Waals surface area contributed by atoms with Crippen LogP contribution in [0.1, 0.15) is 27.2 Å². The number of alkyl halides is 3. The fraction of sp³-hybridized carbons (Fsp3) is 0.125. The first-order valence-corrected chi connectivity index (χ1v) is 6.56. The number of pyridine rings is 1. The van der Waals surface area contributed by atoms with Gasteiger partial charge in [-0.3, -0.25) is 4.79 Å². The van der Waals surface area contributed by atoms with E-state index in [9.17, 15) is 18.0 Å². The van der Waals surface area contributed by atoms with Crippen molar-refractivity contribution in [2.75, 3.05) is 0 Å². The fourth-order valence-corrected chi connectivity index (χ4v) is 2.41. The maximum Gasteiger partial charge on any atom is 0.416 e. The summed E-state index contributed by atoms with van der Waals surface area (Å²) in [5.41, 5.74) is 0.814. The van der Waals surface area contributed by atoms with Crippen molar-refractivity contribution in [1.29, 1.82) is 0 Å². The van der Waals surface area contributed by atoms with E-state index in [1.807, 2.05) is 0 Å². The zero-order valence-corrected chi connectivity index (χ0v) is 11.3. The van der Waals surface area contributed by atoms with Gasteiger partial charge in [0.2, 0.25) is 0 Å². The number of benzene rings is 1. The average Bonchev–Trinajstić information content (AvgIpc) is 2.88. The van der Waals surface area contributed by atoms with Crippen LogP contribution in [0.25, 0.3) is 5.65 Å². The first-order chi connectivity index (χ1) is 10.5. The second-order valence-electron chi connectivity index (χ2n) is 4.88. The first kappa shape index (κ1) is 14.3. The standard InChI is InChI=1S/C16H11F3N2O/c17-16(18,19)14-6-2-1-4-11(14)8-13-9-21-7-3-5-12(10-22)15(21)20-13/h1-7,9-10H,8H2. The SMILES string of the molecule is O=Cc1cccn2cc(Cc3ccccc3C(F)(F)F)nc12. The Kier molecular flexibility index (Phi) is 3.44. The third kappa shape index (κ3) is 2.59. The molecule has 0 spiro atoms. The lowest BCUT2D eigenvalue weighted by Crippen LogP contribution is -2.09. The molecular weight excluding hydrogens is 293 g/mol. The van der Waals surface area contributed by atoms with Gasteiger partial charge in [-0.2, -0.15) is 13.2 Å². The Morgan fingerprint density at radius 3 is 2.64 bits per heavy atom. The molecule has 0 amide bonds. The first-order valence-electron chi connectivity index (χ1n) is 6.56. The summed E-state index contributed by atoms with van der Waals surface area (Å²) in [7, 11) is 0. The Morgan fingerprint density at radius 2 is 1.91 bits per heavy atom. The molecule has 0 aliphatic heterocycles. The summed E-state index contributed by atoms with van der Waals surface area (Å²) in [6, 6.07) is 8.72. The second-order valence-corrected chi connectivity index (χ2v) is 4.88. The van der Waals surface area contributed by atoms with Gasteiger partial charge in [0.25, 0.3) is 0 Å². The fourth-order valence-electron chi connectivity index (χ4n) is 2.41. The highest BCUT2D eigenvalue weighted by Crippen LogP contribution is 2.32. The van der Waals surface area contributed by atoms with Crippen molar-refractivity contribution in [3.63, 3.8) is 0 Å². The van der Waals surface area contributed by atoms with Gasteiger partial charge in [0.15, 0.2) is 6.29 Å². The predicted octanol–water partition coefficient (Wildman–Crippen LogP) is 3.76. The van der Waals surface area contributed by atoms with E-state index >= 15 is 0 Å². The number of halogens is 3. The third-order valence-corrected chi connectivity index (χ3v) is 3.38. The van der Waals surface area contributed by atoms with Crippen molar-refractivity contribution in [2.45, 2.75) is 12.6 Å². The highest BCUT2D eigenvalue weighted by Gasteiger charge is 2.32. The van der Waals surface area contributed by atoms with Crippen molar-refractivity contribution in [3.05, 3.63) is 71.2 Å². The van der Waals surface area contributed by atoms with Crippen molar-refractivity contribution < 1.29 is 18.0 Å². The summed E-state index contributed by atoms with van der Waals surface area (Å²) < 4.78 is 40.6. The number of fused-ring (bicyclic) bond motifs is 1. The lowest BCUT2D eigenvalue weighted by Gasteiger charge is -2.11. The Hall–Kier alpha value is -2.63. The summed E-state index contributed by atoms with van der Waals surface area (Å²) >= 11 is 0. The Balaban J connectivity index is 2.03. The molecule has 3 nitrogen and oxygen atoms in total. The summed E-state index contributed by atoms with van der Waals surface area (Å²) in [5.74, 6) is 0. The lowest BCUT2D eigenvalue weighted by atomic mass is 10.0. The molecule has 3 aromatic rings. The van der Waals surface area contributed by atoms with Crippen LogP contribution in [0.3, 0.4) is 0 Å². The van der Waals surface area contributed by atoms with Crippen LogP contribution in [0.15, 0.2) is 48.8 Å². The molecular formula is C16H11F3N2O. The van der Waals surface area contributed by atoms with Crippen LogP contribution in [0, 0.1) is 0 Å². The Labute approximate surface area is 124 Å². The zero-order chi connectivity index (χ0) is 15.7. The van der Waals surface area contributed by atoms with E-state index in [2.05, 4.69) is 4.98 Å². The van der Waals surface area contributed by atoms with Gasteiger partial charge >= 0.3 is 6.18 Å². The van der Waals surface area contributed by atoms with Gasteiger partial charge in [0, 0.05) is 18.8 Å². The molecule has 0 saturated heterocycles. The number of hydrogen-bond acceptors (Lipinski definition) is 2. The number of aromatic nitrogens is 2. The van der Waals surface area contributed by atoms with Crippen LogP contribution in [0.2, 0.25) is 0 Å². The minimum absolute atomic E-state index is 0.0513. The number of imidazole rings is 1. The molecule has 112 valence electrons. The van der Waals surface area contributed by atoms with Gasteiger partial charge in [0.1, 0.15) is 5.65 Å². The molecule has 0 fully saturated rings. The minimum Gasteiger partial charge on any atom is -0.306 e. The summed E-state index contributed by atoms with van der Waals surface area (Å²) in [6.45, 7) is 0. The Morgan fingerprint density at radius 1 is 1.14 bits per heavy atom. The third-order valence-electron chi connectivity index (χ3n) is 3.38. The molecule has 0 atom stereocenters. The molecule has 0 saturated carbocycles. The van der Waals surface area contributed by atoms with Crippen LogP contribution in [-0.2, 0) is 12.6 Å². The van der Waals surface area contributed by atoms with Crippen molar-refractivity contribution in [1.82, 2.24) is 9.38 Å². The molecule has 0 radical (unpaired) electrons. The summed E-state index contributed by atoms with van der Waals surface area (Å²) in [6.07, 6.45) is -0.334. The number of carbonyl (C=O) groups excluding carboxylic acids is 1.